The van der Waals surface area contributed by atoms with Crippen molar-refractivity contribution in [2.45, 2.75) is 60.5 Å². The molecule has 0 radical (unpaired) electrons. The predicted octanol–water partition coefficient (Wildman–Crippen LogP) is 8.50. The molecule has 0 saturated carbocycles. The number of nitrogens with zero attached hydrogens (tertiary/aromatic N) is 9. The second kappa shape index (κ2) is 18.6. The Morgan fingerprint density at radius 1 is 0.642 bits per heavy atom. The lowest BCUT2D eigenvalue weighted by molar-refractivity contribution is -0.129. The molecule has 4 aromatic heterocycles. The number of hydrogen-bond donors (Lipinski definition) is 5. The van der Waals surface area contributed by atoms with E-state index in [2.05, 4.69) is 123 Å². The molecule has 17 heteroatoms. The van der Waals surface area contributed by atoms with Gasteiger partial charge in [0.05, 0.1) is 36.4 Å². The van der Waals surface area contributed by atoms with Gasteiger partial charge in [-0.3, -0.25) is 4.79 Å². The standard InChI is InChI=1S/C26H29N7O2.C24H27N7O/c1-15-7-6-8-16(2)23(15)29-24-20-13-27-26(30-25(20)32(4)31-24)28-21-11-18-9-10-33(17(3)34)14-19(18)12-22(21)35-5;1-14-6-5-7-15(2)21(14)28-22-18-13-26-24(29-23(18)31(3)30-22)27-19-10-16-8-9-25-12-17(16)11-20(19)32-4/h6-8,11-13H,9-10,14H2,1-5H3,(H,29,31)(H,27,28,30);5-7,10-11,13,25H,8-9,12H2,1-4H3,(H,28,30)(H,26,27,29). The lowest BCUT2D eigenvalue weighted by Gasteiger charge is -2.29. The third-order valence-corrected chi connectivity index (χ3v) is 12.5. The summed E-state index contributed by atoms with van der Waals surface area (Å²) in [5, 5.41) is 28.0. The summed E-state index contributed by atoms with van der Waals surface area (Å²) in [7, 11) is 7.08. The van der Waals surface area contributed by atoms with E-state index in [9.17, 15) is 4.79 Å². The predicted molar refractivity (Wildman–Crippen MR) is 264 cm³/mol. The molecule has 10 rings (SSSR count). The maximum atomic E-state index is 11.8. The Balaban J connectivity index is 0.000000169. The van der Waals surface area contributed by atoms with Crippen molar-refractivity contribution in [3.8, 4) is 11.5 Å². The summed E-state index contributed by atoms with van der Waals surface area (Å²) in [5.74, 6) is 3.96. The summed E-state index contributed by atoms with van der Waals surface area (Å²) in [6.07, 6.45) is 5.37. The van der Waals surface area contributed by atoms with Gasteiger partial charge in [0.15, 0.2) is 22.9 Å². The highest BCUT2D eigenvalue weighted by atomic mass is 16.5. The fourth-order valence-corrected chi connectivity index (χ4v) is 8.78. The summed E-state index contributed by atoms with van der Waals surface area (Å²) in [5.41, 5.74) is 14.7. The Kier molecular flexibility index (Phi) is 12.3. The van der Waals surface area contributed by atoms with Crippen molar-refractivity contribution in [1.29, 1.82) is 0 Å². The molecule has 0 saturated heterocycles. The Hall–Kier alpha value is -7.79. The van der Waals surface area contributed by atoms with Crippen LogP contribution in [0.1, 0.15) is 51.4 Å². The van der Waals surface area contributed by atoms with E-state index in [-0.39, 0.29) is 5.91 Å². The highest BCUT2D eigenvalue weighted by Crippen LogP contribution is 2.36. The van der Waals surface area contributed by atoms with E-state index >= 15 is 0 Å². The van der Waals surface area contributed by atoms with Gasteiger partial charge < -0.3 is 41.0 Å². The zero-order valence-corrected chi connectivity index (χ0v) is 39.4. The normalized spacial score (nSPS) is 13.1. The number of anilines is 8. The number of aryl methyl sites for hydroxylation is 6. The summed E-state index contributed by atoms with van der Waals surface area (Å²) >= 11 is 0. The van der Waals surface area contributed by atoms with Crippen LogP contribution in [0.4, 0.5) is 46.3 Å². The average molecular weight is 901 g/mol. The van der Waals surface area contributed by atoms with E-state index in [0.717, 1.165) is 104 Å². The Bertz CT molecular complexity index is 3140. The lowest BCUT2D eigenvalue weighted by Crippen LogP contribution is -2.34. The van der Waals surface area contributed by atoms with E-state index < -0.39 is 0 Å². The first-order valence-electron chi connectivity index (χ1n) is 22.3. The Labute approximate surface area is 389 Å². The van der Waals surface area contributed by atoms with Gasteiger partial charge in [-0.1, -0.05) is 36.4 Å². The number of para-hydroxylation sites is 2. The lowest BCUT2D eigenvalue weighted by atomic mass is 9.98. The van der Waals surface area contributed by atoms with Crippen LogP contribution in [0.15, 0.2) is 73.1 Å². The highest BCUT2D eigenvalue weighted by Gasteiger charge is 2.22. The molecule has 17 nitrogen and oxygen atoms in total. The van der Waals surface area contributed by atoms with Crippen molar-refractivity contribution < 1.29 is 14.3 Å². The third-order valence-electron chi connectivity index (χ3n) is 12.5. The number of carbonyl (C=O) groups is 1. The van der Waals surface area contributed by atoms with Gasteiger partial charge in [-0.2, -0.15) is 20.2 Å². The molecule has 0 bridgehead atoms. The van der Waals surface area contributed by atoms with Crippen molar-refractivity contribution in [3.63, 3.8) is 0 Å². The molecule has 6 heterocycles. The van der Waals surface area contributed by atoms with E-state index in [1.165, 1.54) is 16.7 Å². The second-order valence-electron chi connectivity index (χ2n) is 17.1. The van der Waals surface area contributed by atoms with Crippen LogP contribution < -0.4 is 36.1 Å². The third kappa shape index (κ3) is 9.09. The molecule has 0 spiro atoms. The Morgan fingerprint density at radius 3 is 1.60 bits per heavy atom. The van der Waals surface area contributed by atoms with E-state index in [0.29, 0.717) is 42.2 Å². The van der Waals surface area contributed by atoms with Crippen LogP contribution in [0.5, 0.6) is 11.5 Å². The minimum absolute atomic E-state index is 0.0844. The van der Waals surface area contributed by atoms with Gasteiger partial charge in [0.25, 0.3) is 0 Å². The monoisotopic (exact) mass is 900 g/mol. The summed E-state index contributed by atoms with van der Waals surface area (Å²) < 4.78 is 14.8. The molecule has 2 aliphatic heterocycles. The van der Waals surface area contributed by atoms with Crippen molar-refractivity contribution >= 4 is 74.3 Å². The van der Waals surface area contributed by atoms with Crippen molar-refractivity contribution in [2.24, 2.45) is 14.1 Å². The minimum Gasteiger partial charge on any atom is -0.495 e. The molecule has 0 atom stereocenters. The van der Waals surface area contributed by atoms with Crippen LogP contribution >= 0.6 is 0 Å². The SMILES string of the molecule is COc1cc2c(cc1Nc1ncc3c(Nc4c(C)cccc4C)nn(C)c3n1)CCN(C(C)=O)C2.COc1cc2c(cc1Nc1ncc3c(Nc4c(C)cccc4C)nn(C)c3n1)CCNC2. The van der Waals surface area contributed by atoms with E-state index in [4.69, 9.17) is 19.4 Å². The summed E-state index contributed by atoms with van der Waals surface area (Å²) in [6.45, 7) is 13.1. The van der Waals surface area contributed by atoms with Gasteiger partial charge in [-0.15, -0.1) is 0 Å². The summed E-state index contributed by atoms with van der Waals surface area (Å²) in [4.78, 5) is 32.2. The molecule has 344 valence electrons. The zero-order valence-electron chi connectivity index (χ0n) is 39.4. The largest absolute Gasteiger partial charge is 0.495 e. The molecule has 0 fully saturated rings. The quantitative estimate of drug-likeness (QED) is 0.0880. The number of hydrogen-bond acceptors (Lipinski definition) is 14. The minimum atomic E-state index is 0.0844. The number of amides is 1. The second-order valence-corrected chi connectivity index (χ2v) is 17.1. The number of fused-ring (bicyclic) bond motifs is 4. The number of methoxy groups -OCH3 is 2. The Morgan fingerprint density at radius 2 is 1.12 bits per heavy atom. The molecule has 5 N–H and O–H groups in total. The molecule has 0 aliphatic carbocycles. The number of benzene rings is 4. The van der Waals surface area contributed by atoms with Crippen molar-refractivity contribution in [1.82, 2.24) is 49.7 Å². The van der Waals surface area contributed by atoms with Gasteiger partial charge in [-0.25, -0.2) is 19.3 Å². The molecule has 2 aliphatic rings. The van der Waals surface area contributed by atoms with Crippen LogP contribution in [0.2, 0.25) is 0 Å². The maximum Gasteiger partial charge on any atom is 0.229 e. The number of nitrogens with one attached hydrogen (secondary N) is 5. The molecule has 0 unspecified atom stereocenters. The number of carbonyl (C=O) groups excluding carboxylic acids is 1. The van der Waals surface area contributed by atoms with Gasteiger partial charge in [0.2, 0.25) is 17.8 Å². The van der Waals surface area contributed by atoms with Gasteiger partial charge >= 0.3 is 0 Å². The van der Waals surface area contributed by atoms with E-state index in [1.807, 2.05) is 37.3 Å². The van der Waals surface area contributed by atoms with Crippen LogP contribution in [0, 0.1) is 27.7 Å². The maximum absolute atomic E-state index is 11.8. The molecular weight excluding hydrogens is 845 g/mol. The topological polar surface area (TPSA) is 186 Å². The van der Waals surface area contributed by atoms with Crippen molar-refractivity contribution in [3.05, 3.63) is 118 Å². The first kappa shape index (κ1) is 44.4. The summed E-state index contributed by atoms with van der Waals surface area (Å²) in [6, 6.07) is 20.7. The van der Waals surface area contributed by atoms with Crippen LogP contribution in [-0.4, -0.2) is 77.6 Å². The number of rotatable bonds is 10. The average Bonchev–Trinajstić information content (AvgIpc) is 3.81. The first-order valence-corrected chi connectivity index (χ1v) is 22.3. The molecule has 1 amide bonds. The first-order chi connectivity index (χ1) is 32.4. The molecule has 67 heavy (non-hydrogen) atoms. The fraction of sp³-hybridized carbons (Fsp3) is 0.300. The van der Waals surface area contributed by atoms with Gasteiger partial charge in [0.1, 0.15) is 11.5 Å². The molecule has 4 aromatic carbocycles. The highest BCUT2D eigenvalue weighted by molar-refractivity contribution is 5.91. The fourth-order valence-electron chi connectivity index (χ4n) is 8.78. The smallest absolute Gasteiger partial charge is 0.229 e. The van der Waals surface area contributed by atoms with Crippen LogP contribution in [-0.2, 0) is 44.8 Å². The van der Waals surface area contributed by atoms with Gasteiger partial charge in [-0.05, 0) is 116 Å². The van der Waals surface area contributed by atoms with E-state index in [1.54, 1.807) is 36.7 Å². The number of aromatic nitrogens is 8. The van der Waals surface area contributed by atoms with Crippen LogP contribution in [0.3, 0.4) is 0 Å². The van der Waals surface area contributed by atoms with Crippen molar-refractivity contribution in [2.75, 3.05) is 48.6 Å². The molecular formula is C50H56N14O3. The van der Waals surface area contributed by atoms with Crippen LogP contribution in [0.25, 0.3) is 22.1 Å². The number of ether oxygens (including phenoxy) is 2. The molecule has 8 aromatic rings. The van der Waals surface area contributed by atoms with Gasteiger partial charge in [0, 0.05) is 64.4 Å². The zero-order chi connectivity index (χ0) is 46.9.